The summed E-state index contributed by atoms with van der Waals surface area (Å²) in [5.41, 5.74) is 5.45. The van der Waals surface area contributed by atoms with Crippen LogP contribution in [0.1, 0.15) is 26.2 Å². The molecule has 0 aliphatic heterocycles. The van der Waals surface area contributed by atoms with E-state index in [0.717, 1.165) is 31.3 Å². The van der Waals surface area contributed by atoms with Gasteiger partial charge in [0.15, 0.2) is 0 Å². The minimum absolute atomic E-state index is 0.749. The van der Waals surface area contributed by atoms with Crippen molar-refractivity contribution in [2.45, 2.75) is 26.2 Å². The number of rotatable bonds is 6. The second-order valence-electron chi connectivity index (χ2n) is 3.78. The van der Waals surface area contributed by atoms with Gasteiger partial charge in [-0.3, -0.25) is 0 Å². The van der Waals surface area contributed by atoms with Crippen molar-refractivity contribution in [2.75, 3.05) is 19.6 Å². The monoisotopic (exact) mass is 156 g/mol. The summed E-state index contributed by atoms with van der Waals surface area (Å²) in [6.45, 7) is 5.46. The Morgan fingerprint density at radius 3 is 2.82 bits per heavy atom. The molecule has 1 atom stereocenters. The normalized spacial score (nSPS) is 20.2. The number of hydrogen-bond acceptors (Lipinski definition) is 2. The predicted molar refractivity (Wildman–Crippen MR) is 48.4 cm³/mol. The zero-order chi connectivity index (χ0) is 8.10. The van der Waals surface area contributed by atoms with Crippen molar-refractivity contribution < 1.29 is 0 Å². The molecular weight excluding hydrogens is 136 g/mol. The maximum Gasteiger partial charge on any atom is -0.00204 e. The van der Waals surface area contributed by atoms with Gasteiger partial charge in [0.2, 0.25) is 0 Å². The van der Waals surface area contributed by atoms with E-state index < -0.39 is 0 Å². The lowest BCUT2D eigenvalue weighted by molar-refractivity contribution is 0.479. The first-order valence-electron chi connectivity index (χ1n) is 4.73. The summed E-state index contributed by atoms with van der Waals surface area (Å²) in [6, 6.07) is 0. The largest absolute Gasteiger partial charge is 0.330 e. The molecule has 0 bridgehead atoms. The highest BCUT2D eigenvalue weighted by molar-refractivity contribution is 4.75. The van der Waals surface area contributed by atoms with Crippen LogP contribution in [0, 0.1) is 11.8 Å². The van der Waals surface area contributed by atoms with E-state index in [9.17, 15) is 0 Å². The summed E-state index contributed by atoms with van der Waals surface area (Å²) >= 11 is 0. The van der Waals surface area contributed by atoms with Crippen molar-refractivity contribution in [3.8, 4) is 0 Å². The highest BCUT2D eigenvalue weighted by Crippen LogP contribution is 2.27. The molecule has 0 aromatic heterocycles. The molecule has 0 heterocycles. The molecule has 2 heteroatoms. The van der Waals surface area contributed by atoms with Crippen LogP contribution in [0.5, 0.6) is 0 Å². The van der Waals surface area contributed by atoms with E-state index >= 15 is 0 Å². The summed E-state index contributed by atoms with van der Waals surface area (Å²) in [7, 11) is 0. The molecule has 0 aromatic carbocycles. The van der Waals surface area contributed by atoms with E-state index in [1.54, 1.807) is 0 Å². The molecule has 3 N–H and O–H groups in total. The Hall–Kier alpha value is -0.0800. The van der Waals surface area contributed by atoms with Crippen molar-refractivity contribution in [1.82, 2.24) is 5.32 Å². The van der Waals surface area contributed by atoms with Gasteiger partial charge in [-0.15, -0.1) is 0 Å². The first-order chi connectivity index (χ1) is 5.33. The molecule has 1 fully saturated rings. The Balaban J connectivity index is 1.84. The van der Waals surface area contributed by atoms with Crippen LogP contribution in [0.15, 0.2) is 0 Å². The summed E-state index contributed by atoms with van der Waals surface area (Å²) < 4.78 is 0. The van der Waals surface area contributed by atoms with Crippen LogP contribution < -0.4 is 11.1 Å². The maximum absolute atomic E-state index is 5.45. The summed E-state index contributed by atoms with van der Waals surface area (Å²) in [5, 5.41) is 3.48. The van der Waals surface area contributed by atoms with Crippen LogP contribution in [0.25, 0.3) is 0 Å². The Morgan fingerprint density at radius 2 is 2.27 bits per heavy atom. The van der Waals surface area contributed by atoms with Crippen molar-refractivity contribution in [3.63, 3.8) is 0 Å². The molecule has 1 rings (SSSR count). The van der Waals surface area contributed by atoms with E-state index in [1.165, 1.54) is 19.4 Å². The molecule has 0 aromatic rings. The van der Waals surface area contributed by atoms with Gasteiger partial charge in [0.1, 0.15) is 0 Å². The Labute approximate surface area is 69.5 Å². The third-order valence-electron chi connectivity index (χ3n) is 2.28. The van der Waals surface area contributed by atoms with Crippen LogP contribution >= 0.6 is 0 Å². The average Bonchev–Trinajstić information content (AvgIpc) is 2.72. The smallest absolute Gasteiger partial charge is 0.00204 e. The van der Waals surface area contributed by atoms with Gasteiger partial charge >= 0.3 is 0 Å². The molecule has 66 valence electrons. The average molecular weight is 156 g/mol. The Bertz CT molecular complexity index is 99.7. The second kappa shape index (κ2) is 4.73. The fourth-order valence-corrected chi connectivity index (χ4v) is 1.24. The minimum Gasteiger partial charge on any atom is -0.330 e. The molecule has 0 amide bonds. The van der Waals surface area contributed by atoms with Crippen molar-refractivity contribution in [2.24, 2.45) is 17.6 Å². The highest BCUT2D eigenvalue weighted by atomic mass is 14.9. The minimum atomic E-state index is 0.749. The molecule has 1 saturated carbocycles. The van der Waals surface area contributed by atoms with Gasteiger partial charge in [0.25, 0.3) is 0 Å². The van der Waals surface area contributed by atoms with Crippen LogP contribution in [0.3, 0.4) is 0 Å². The van der Waals surface area contributed by atoms with E-state index in [2.05, 4.69) is 12.2 Å². The third kappa shape index (κ3) is 4.38. The van der Waals surface area contributed by atoms with Gasteiger partial charge in [-0.1, -0.05) is 6.92 Å². The van der Waals surface area contributed by atoms with Crippen LogP contribution in [0.2, 0.25) is 0 Å². The molecule has 0 saturated heterocycles. The van der Waals surface area contributed by atoms with Gasteiger partial charge in [-0.2, -0.15) is 0 Å². The summed E-state index contributed by atoms with van der Waals surface area (Å²) in [6.07, 6.45) is 4.04. The zero-order valence-corrected chi connectivity index (χ0v) is 7.47. The maximum atomic E-state index is 5.45. The van der Waals surface area contributed by atoms with Crippen LogP contribution in [-0.2, 0) is 0 Å². The molecule has 1 aliphatic rings. The summed E-state index contributed by atoms with van der Waals surface area (Å²) in [4.78, 5) is 0. The first-order valence-corrected chi connectivity index (χ1v) is 4.73. The lowest BCUT2D eigenvalue weighted by Gasteiger charge is -2.10. The molecule has 2 nitrogen and oxygen atoms in total. The fourth-order valence-electron chi connectivity index (χ4n) is 1.24. The first kappa shape index (κ1) is 9.01. The lowest BCUT2D eigenvalue weighted by atomic mass is 10.1. The molecule has 11 heavy (non-hydrogen) atoms. The molecular formula is C9H20N2. The Morgan fingerprint density at radius 1 is 1.55 bits per heavy atom. The quantitative estimate of drug-likeness (QED) is 0.601. The molecule has 1 unspecified atom stereocenters. The van der Waals surface area contributed by atoms with Crippen LogP contribution in [0.4, 0.5) is 0 Å². The van der Waals surface area contributed by atoms with E-state index in [0.29, 0.717) is 0 Å². The molecule has 1 aliphatic carbocycles. The van der Waals surface area contributed by atoms with Gasteiger partial charge in [-0.05, 0) is 50.7 Å². The topological polar surface area (TPSA) is 38.0 Å². The third-order valence-corrected chi connectivity index (χ3v) is 2.28. The Kier molecular flexibility index (Phi) is 3.87. The molecule has 0 spiro atoms. The predicted octanol–water partition coefficient (Wildman–Crippen LogP) is 0.971. The van der Waals surface area contributed by atoms with Crippen molar-refractivity contribution in [1.29, 1.82) is 0 Å². The number of nitrogens with one attached hydrogen (secondary N) is 1. The lowest BCUT2D eigenvalue weighted by Crippen LogP contribution is -2.24. The summed E-state index contributed by atoms with van der Waals surface area (Å²) in [5.74, 6) is 1.75. The number of nitrogens with two attached hydrogens (primary N) is 1. The van der Waals surface area contributed by atoms with Gasteiger partial charge in [0.05, 0.1) is 0 Å². The van der Waals surface area contributed by atoms with Gasteiger partial charge in [-0.25, -0.2) is 0 Å². The van der Waals surface area contributed by atoms with E-state index in [4.69, 9.17) is 5.73 Å². The number of hydrogen-bond donors (Lipinski definition) is 2. The van der Waals surface area contributed by atoms with Crippen LogP contribution in [-0.4, -0.2) is 19.6 Å². The van der Waals surface area contributed by atoms with Crippen molar-refractivity contribution >= 4 is 0 Å². The fraction of sp³-hybridized carbons (Fsp3) is 1.00. The SMILES string of the molecule is CC(CCN)CNCC1CC1. The highest BCUT2D eigenvalue weighted by Gasteiger charge is 2.20. The van der Waals surface area contributed by atoms with Gasteiger partial charge < -0.3 is 11.1 Å². The van der Waals surface area contributed by atoms with Gasteiger partial charge in [0, 0.05) is 0 Å². The van der Waals surface area contributed by atoms with E-state index in [-0.39, 0.29) is 0 Å². The van der Waals surface area contributed by atoms with E-state index in [1.807, 2.05) is 0 Å². The molecule has 0 radical (unpaired) electrons. The van der Waals surface area contributed by atoms with Crippen molar-refractivity contribution in [3.05, 3.63) is 0 Å². The standard InChI is InChI=1S/C9H20N2/c1-8(4-5-10)6-11-7-9-2-3-9/h8-9,11H,2-7,10H2,1H3. The zero-order valence-electron chi connectivity index (χ0n) is 7.47. The second-order valence-corrected chi connectivity index (χ2v) is 3.78.